The lowest BCUT2D eigenvalue weighted by molar-refractivity contribution is 0.617. The number of anilines is 1. The molecule has 0 heterocycles. The van der Waals surface area contributed by atoms with Crippen LogP contribution in [0.4, 0.5) is 10.1 Å². The zero-order valence-electron chi connectivity index (χ0n) is 17.1. The van der Waals surface area contributed by atoms with Crippen molar-refractivity contribution in [2.24, 2.45) is 0 Å². The zero-order chi connectivity index (χ0) is 21.8. The van der Waals surface area contributed by atoms with E-state index in [-0.39, 0.29) is 5.71 Å². The average Bonchev–Trinajstić information content (AvgIpc) is 2.80. The lowest BCUT2D eigenvalue weighted by atomic mass is 9.76. The van der Waals surface area contributed by atoms with Crippen LogP contribution in [0.15, 0.2) is 108 Å². The molecule has 4 aromatic carbocycles. The van der Waals surface area contributed by atoms with Crippen molar-refractivity contribution < 1.29 is 4.39 Å². The molecule has 0 aliphatic carbocycles. The van der Waals surface area contributed by atoms with Gasteiger partial charge in [-0.15, -0.1) is 0 Å². The minimum absolute atomic E-state index is 0.283. The van der Waals surface area contributed by atoms with Crippen LogP contribution in [-0.4, -0.2) is 5.71 Å². The maximum Gasteiger partial charge on any atom is 0.148 e. The number of hydrogen-bond donors (Lipinski definition) is 2. The minimum Gasteiger partial charge on any atom is -0.365 e. The van der Waals surface area contributed by atoms with Gasteiger partial charge >= 0.3 is 0 Å². The molecule has 4 heteroatoms. The van der Waals surface area contributed by atoms with Crippen LogP contribution in [0.2, 0.25) is 0 Å². The molecule has 2 nitrogen and oxygen atoms in total. The van der Waals surface area contributed by atoms with Crippen molar-refractivity contribution in [3.63, 3.8) is 0 Å². The van der Waals surface area contributed by atoms with E-state index in [0.29, 0.717) is 15.7 Å². The van der Waals surface area contributed by atoms with Gasteiger partial charge in [0.25, 0.3) is 0 Å². The summed E-state index contributed by atoms with van der Waals surface area (Å²) in [7, 11) is 0. The SMILES string of the molecule is CC(=N)c1cc(Br)cc(F)c1NC(c1ccccc1)(c1ccccc1)c1ccccc1. The Bertz CT molecular complexity index is 1100. The van der Waals surface area contributed by atoms with Crippen molar-refractivity contribution >= 4 is 27.3 Å². The molecule has 0 fully saturated rings. The van der Waals surface area contributed by atoms with E-state index in [1.54, 1.807) is 13.0 Å². The van der Waals surface area contributed by atoms with Crippen LogP contribution in [0, 0.1) is 11.2 Å². The Morgan fingerprint density at radius 2 is 1.19 bits per heavy atom. The second-order valence-electron chi connectivity index (χ2n) is 7.41. The predicted molar refractivity (Wildman–Crippen MR) is 129 cm³/mol. The van der Waals surface area contributed by atoms with E-state index in [9.17, 15) is 0 Å². The molecule has 4 aromatic rings. The van der Waals surface area contributed by atoms with Crippen LogP contribution >= 0.6 is 15.9 Å². The van der Waals surface area contributed by atoms with Gasteiger partial charge in [0.2, 0.25) is 0 Å². The molecule has 0 aliphatic heterocycles. The minimum atomic E-state index is -0.858. The topological polar surface area (TPSA) is 35.9 Å². The van der Waals surface area contributed by atoms with Gasteiger partial charge in [-0.1, -0.05) is 107 Å². The quantitative estimate of drug-likeness (QED) is 0.223. The maximum atomic E-state index is 15.4. The smallest absolute Gasteiger partial charge is 0.148 e. The van der Waals surface area contributed by atoms with Crippen molar-refractivity contribution in [2.75, 3.05) is 5.32 Å². The molecule has 0 atom stereocenters. The molecule has 0 saturated heterocycles. The van der Waals surface area contributed by atoms with Crippen LogP contribution in [-0.2, 0) is 5.54 Å². The third-order valence-corrected chi connectivity index (χ3v) is 5.85. The summed E-state index contributed by atoms with van der Waals surface area (Å²) in [6.07, 6.45) is 0. The number of hydrogen-bond acceptors (Lipinski definition) is 2. The first-order chi connectivity index (χ1) is 15.0. The van der Waals surface area contributed by atoms with Crippen molar-refractivity contribution in [3.05, 3.63) is 136 Å². The van der Waals surface area contributed by atoms with Gasteiger partial charge in [-0.25, -0.2) is 4.39 Å². The number of benzene rings is 4. The van der Waals surface area contributed by atoms with Crippen LogP contribution in [0.3, 0.4) is 0 Å². The van der Waals surface area contributed by atoms with E-state index in [1.807, 2.05) is 91.0 Å². The highest BCUT2D eigenvalue weighted by molar-refractivity contribution is 9.10. The van der Waals surface area contributed by atoms with Gasteiger partial charge < -0.3 is 10.7 Å². The Labute approximate surface area is 190 Å². The first kappa shape index (κ1) is 21.0. The molecule has 0 radical (unpaired) electrons. The second-order valence-corrected chi connectivity index (χ2v) is 8.32. The number of halogens is 2. The second kappa shape index (κ2) is 8.86. The molecule has 31 heavy (non-hydrogen) atoms. The fourth-order valence-corrected chi connectivity index (χ4v) is 4.39. The normalized spacial score (nSPS) is 11.2. The summed E-state index contributed by atoms with van der Waals surface area (Å²) in [6.45, 7) is 1.67. The summed E-state index contributed by atoms with van der Waals surface area (Å²) in [4.78, 5) is 0. The Balaban J connectivity index is 2.06. The summed E-state index contributed by atoms with van der Waals surface area (Å²) >= 11 is 3.37. The van der Waals surface area contributed by atoms with Crippen LogP contribution in [0.25, 0.3) is 0 Å². The number of rotatable bonds is 6. The average molecular weight is 473 g/mol. The van der Waals surface area contributed by atoms with Crippen LogP contribution < -0.4 is 5.32 Å². The first-order valence-corrected chi connectivity index (χ1v) is 10.8. The lowest BCUT2D eigenvalue weighted by Crippen LogP contribution is -2.39. The van der Waals surface area contributed by atoms with E-state index < -0.39 is 11.4 Å². The Morgan fingerprint density at radius 3 is 1.58 bits per heavy atom. The monoisotopic (exact) mass is 472 g/mol. The van der Waals surface area contributed by atoms with Crippen LogP contribution in [0.1, 0.15) is 29.2 Å². The van der Waals surface area contributed by atoms with E-state index in [1.165, 1.54) is 6.07 Å². The van der Waals surface area contributed by atoms with Crippen LogP contribution in [0.5, 0.6) is 0 Å². The van der Waals surface area contributed by atoms with E-state index >= 15 is 4.39 Å². The van der Waals surface area contributed by atoms with Crippen molar-refractivity contribution in [1.82, 2.24) is 0 Å². The highest BCUT2D eigenvalue weighted by Crippen LogP contribution is 2.41. The standard InChI is InChI=1S/C27H22BrFN2/c1-19(30)24-17-23(28)18-25(29)26(24)31-27(20-11-5-2-6-12-20,21-13-7-3-8-14-21)22-15-9-4-10-16-22/h2-18,30-31H,1H3. The van der Waals surface area contributed by atoms with Gasteiger partial charge in [0, 0.05) is 15.7 Å². The molecular formula is C27H22BrFN2. The molecule has 0 bridgehead atoms. The van der Waals surface area contributed by atoms with Crippen molar-refractivity contribution in [2.45, 2.75) is 12.5 Å². The molecule has 154 valence electrons. The van der Waals surface area contributed by atoms with E-state index in [2.05, 4.69) is 21.2 Å². The Hall–Kier alpha value is -3.24. The molecule has 0 spiro atoms. The van der Waals surface area contributed by atoms with Crippen molar-refractivity contribution in [1.29, 1.82) is 5.41 Å². The fourth-order valence-electron chi connectivity index (χ4n) is 3.96. The summed E-state index contributed by atoms with van der Waals surface area (Å²) in [6, 6.07) is 33.3. The molecular weight excluding hydrogens is 451 g/mol. The van der Waals surface area contributed by atoms with Crippen molar-refractivity contribution in [3.8, 4) is 0 Å². The molecule has 0 amide bonds. The fraction of sp³-hybridized carbons (Fsp3) is 0.0741. The summed E-state index contributed by atoms with van der Waals surface area (Å²) in [5.74, 6) is -0.414. The first-order valence-electron chi connectivity index (χ1n) is 10.0. The third-order valence-electron chi connectivity index (χ3n) is 5.39. The highest BCUT2D eigenvalue weighted by atomic mass is 79.9. The highest BCUT2D eigenvalue weighted by Gasteiger charge is 2.37. The van der Waals surface area contributed by atoms with Gasteiger partial charge in [0.05, 0.1) is 5.69 Å². The molecule has 0 saturated carbocycles. The molecule has 2 N–H and O–H groups in total. The van der Waals surface area contributed by atoms with Gasteiger partial charge in [0.15, 0.2) is 0 Å². The lowest BCUT2D eigenvalue weighted by Gasteiger charge is -2.38. The molecule has 4 rings (SSSR count). The zero-order valence-corrected chi connectivity index (χ0v) is 18.7. The van der Waals surface area contributed by atoms with E-state index in [0.717, 1.165) is 16.7 Å². The van der Waals surface area contributed by atoms with E-state index in [4.69, 9.17) is 5.41 Å². The molecule has 0 aromatic heterocycles. The summed E-state index contributed by atoms with van der Waals surface area (Å²) < 4.78 is 16.0. The van der Waals surface area contributed by atoms with Gasteiger partial charge in [0.1, 0.15) is 11.4 Å². The largest absolute Gasteiger partial charge is 0.365 e. The predicted octanol–water partition coefficient (Wildman–Crippen LogP) is 7.38. The van der Waals surface area contributed by atoms with Gasteiger partial charge in [-0.3, -0.25) is 0 Å². The molecule has 0 aliphatic rings. The third kappa shape index (κ3) is 4.04. The Morgan fingerprint density at radius 1 is 0.774 bits per heavy atom. The Kier molecular flexibility index (Phi) is 6.01. The maximum absolute atomic E-state index is 15.4. The van der Waals surface area contributed by atoms with Gasteiger partial charge in [-0.2, -0.15) is 0 Å². The van der Waals surface area contributed by atoms with Gasteiger partial charge in [-0.05, 0) is 35.7 Å². The summed E-state index contributed by atoms with van der Waals surface area (Å²) in [5.41, 5.74) is 3.16. The molecule has 0 unspecified atom stereocenters. The summed E-state index contributed by atoms with van der Waals surface area (Å²) in [5, 5.41) is 11.8. The number of nitrogens with one attached hydrogen (secondary N) is 2.